The minimum Gasteiger partial charge on any atom is -0.479 e. The third kappa shape index (κ3) is 12.2. The number of ether oxygens (including phenoxy) is 1. The molecule has 0 unspecified atom stereocenters. The molecule has 0 spiro atoms. The Morgan fingerprint density at radius 3 is 1.95 bits per heavy atom. The number of benzene rings is 4. The molecule has 4 N–H and O–H groups in total. The van der Waals surface area contributed by atoms with Crippen LogP contribution < -0.4 is 5.56 Å². The van der Waals surface area contributed by atoms with Crippen molar-refractivity contribution >= 4 is 34.7 Å². The summed E-state index contributed by atoms with van der Waals surface area (Å²) >= 11 is 0. The molecule has 5 aromatic rings. The number of likely N-dealkylation sites (tertiary alicyclic amines) is 1. The van der Waals surface area contributed by atoms with Gasteiger partial charge in [0.25, 0.3) is 5.56 Å². The highest BCUT2D eigenvalue weighted by molar-refractivity contribution is 5.83. The number of fused-ring (bicyclic) bond motifs is 1. The molecule has 2 heterocycles. The number of aliphatic hydroxyl groups is 2. The molecule has 0 radical (unpaired) electrons. The topological polar surface area (TPSA) is 200 Å². The van der Waals surface area contributed by atoms with E-state index in [-0.39, 0.29) is 61.8 Å². The summed E-state index contributed by atoms with van der Waals surface area (Å²) in [4.78, 5) is 68.3. The third-order valence-electron chi connectivity index (χ3n) is 11.4. The molecule has 19 heteroatoms. The van der Waals surface area contributed by atoms with Gasteiger partial charge < -0.3 is 34.6 Å². The lowest BCUT2D eigenvalue weighted by Gasteiger charge is -2.44. The van der Waals surface area contributed by atoms with Gasteiger partial charge in [-0.1, -0.05) is 60.7 Å². The molecule has 66 heavy (non-hydrogen) atoms. The number of carbonyl (C=O) groups is 4. The van der Waals surface area contributed by atoms with E-state index in [1.807, 2.05) is 30.9 Å². The number of hydrogen-bond donors (Lipinski definition) is 4. The van der Waals surface area contributed by atoms with Gasteiger partial charge in [-0.25, -0.2) is 18.4 Å². The first-order valence-electron chi connectivity index (χ1n) is 20.8. The minimum atomic E-state index is -4.44. The standard InChI is InChI=1S/C43H43F5N4O4.C4H6O6/c1-4-56-41(55)42(2,3)50-24-22-33(23-25-50)51(26-28-12-14-29(15-13-28)30-16-19-32(20-17-30)43(46,47)48)38(53)27-52-36-11-6-5-9-34(36)40(54)49-37(52)21-18-31-8-7-10-35(44)39(31)45;5-1(3(7)8)2(6)4(9)10/h5-17,19-20,33H,4,18,21-27H2,1-3H3;1-2,5-6H,(H,7,8)(H,9,10)/t;1-,2-/m.1/s1. The van der Waals surface area contributed by atoms with E-state index in [1.165, 1.54) is 24.3 Å². The van der Waals surface area contributed by atoms with Crippen molar-refractivity contribution < 1.29 is 66.3 Å². The summed E-state index contributed by atoms with van der Waals surface area (Å²) in [6, 6.07) is 22.6. The van der Waals surface area contributed by atoms with E-state index in [0.717, 1.165) is 23.8 Å². The molecule has 1 aliphatic rings. The monoisotopic (exact) mass is 924 g/mol. The SMILES string of the molecule is CCOC(=O)C(C)(C)N1CCC(N(Cc2ccc(-c3ccc(C(F)(F)F)cc3)cc2)C(=O)Cn2c(CCc3cccc(F)c3F)nc(=O)c3ccccc32)CC1.O=C(O)[C@H](O)[C@@H](O)C(=O)O. The number of carbonyl (C=O) groups excluding carboxylic acids is 2. The number of carboxylic acids is 2. The molecule has 1 aromatic heterocycles. The normalized spacial score (nSPS) is 14.5. The summed E-state index contributed by atoms with van der Waals surface area (Å²) in [6.07, 6.45) is -7.79. The fourth-order valence-corrected chi connectivity index (χ4v) is 7.56. The van der Waals surface area contributed by atoms with Crippen LogP contribution >= 0.6 is 0 Å². The van der Waals surface area contributed by atoms with Crippen LogP contribution in [0.3, 0.4) is 0 Å². The highest BCUT2D eigenvalue weighted by atomic mass is 19.4. The summed E-state index contributed by atoms with van der Waals surface area (Å²) < 4.78 is 75.1. The average Bonchev–Trinajstić information content (AvgIpc) is 3.29. The van der Waals surface area contributed by atoms with Gasteiger partial charge in [-0.2, -0.15) is 18.2 Å². The summed E-state index contributed by atoms with van der Waals surface area (Å²) in [6.45, 7) is 6.68. The fourth-order valence-electron chi connectivity index (χ4n) is 7.56. The van der Waals surface area contributed by atoms with Gasteiger partial charge in [0.2, 0.25) is 5.91 Å². The van der Waals surface area contributed by atoms with Crippen molar-refractivity contribution in [2.75, 3.05) is 19.7 Å². The van der Waals surface area contributed by atoms with Crippen molar-refractivity contribution in [1.29, 1.82) is 0 Å². The molecular weight excluding hydrogens is 876 g/mol. The maximum absolute atomic E-state index is 14.7. The molecule has 4 aromatic carbocycles. The lowest BCUT2D eigenvalue weighted by molar-refractivity contribution is -0.165. The maximum Gasteiger partial charge on any atom is 0.416 e. The molecule has 0 aliphatic carbocycles. The van der Waals surface area contributed by atoms with Crippen molar-refractivity contribution in [3.63, 3.8) is 0 Å². The van der Waals surface area contributed by atoms with Gasteiger partial charge in [0.05, 0.1) is 23.1 Å². The number of esters is 1. The fraction of sp³-hybridized carbons (Fsp3) is 0.362. The Labute approximate surface area is 375 Å². The van der Waals surface area contributed by atoms with Crippen LogP contribution in [-0.2, 0) is 56.0 Å². The molecule has 1 amide bonds. The van der Waals surface area contributed by atoms with E-state index in [4.69, 9.17) is 25.2 Å². The Morgan fingerprint density at radius 2 is 1.39 bits per heavy atom. The maximum atomic E-state index is 14.7. The summed E-state index contributed by atoms with van der Waals surface area (Å²) in [5.41, 5.74) is 0.580. The second kappa shape index (κ2) is 21.6. The number of nitrogens with zero attached hydrogens (tertiary/aromatic N) is 4. The van der Waals surface area contributed by atoms with Crippen molar-refractivity contribution in [1.82, 2.24) is 19.4 Å². The number of aliphatic carboxylic acids is 2. The average molecular weight is 925 g/mol. The number of halogens is 5. The van der Waals surface area contributed by atoms with Crippen LogP contribution in [0.25, 0.3) is 22.0 Å². The van der Waals surface area contributed by atoms with E-state index in [2.05, 4.69) is 4.98 Å². The van der Waals surface area contributed by atoms with Crippen molar-refractivity contribution in [3.05, 3.63) is 135 Å². The number of aliphatic hydroxyl groups excluding tert-OH is 2. The lowest BCUT2D eigenvalue weighted by atomic mass is 9.95. The highest BCUT2D eigenvalue weighted by Crippen LogP contribution is 2.32. The first-order valence-corrected chi connectivity index (χ1v) is 20.8. The zero-order valence-electron chi connectivity index (χ0n) is 36.2. The molecule has 14 nitrogen and oxygen atoms in total. The van der Waals surface area contributed by atoms with Crippen LogP contribution in [0.15, 0.2) is 95.8 Å². The number of alkyl halides is 3. The summed E-state index contributed by atoms with van der Waals surface area (Å²) in [7, 11) is 0. The summed E-state index contributed by atoms with van der Waals surface area (Å²) in [5.74, 6) is -5.86. The largest absolute Gasteiger partial charge is 0.479 e. The molecule has 2 atom stereocenters. The van der Waals surface area contributed by atoms with E-state index in [9.17, 15) is 45.9 Å². The van der Waals surface area contributed by atoms with E-state index in [0.29, 0.717) is 48.0 Å². The molecule has 1 fully saturated rings. The number of para-hydroxylation sites is 1. The number of carboxylic acid groups (broad SMARTS) is 2. The van der Waals surface area contributed by atoms with Crippen LogP contribution in [0.4, 0.5) is 22.0 Å². The van der Waals surface area contributed by atoms with Crippen molar-refractivity contribution in [3.8, 4) is 11.1 Å². The molecule has 1 aliphatic heterocycles. The predicted octanol–water partition coefficient (Wildman–Crippen LogP) is 5.86. The van der Waals surface area contributed by atoms with E-state index < -0.39 is 58.6 Å². The Hall–Kier alpha value is -6.57. The van der Waals surface area contributed by atoms with Gasteiger partial charge in [0.15, 0.2) is 23.8 Å². The molecule has 352 valence electrons. The first kappa shape index (κ1) is 50.4. The zero-order valence-corrected chi connectivity index (χ0v) is 36.2. The summed E-state index contributed by atoms with van der Waals surface area (Å²) in [5, 5.41) is 32.8. The van der Waals surface area contributed by atoms with Gasteiger partial charge in [-0.15, -0.1) is 0 Å². The molecule has 0 saturated carbocycles. The Bertz CT molecular complexity index is 2560. The predicted molar refractivity (Wildman–Crippen MR) is 230 cm³/mol. The van der Waals surface area contributed by atoms with E-state index in [1.54, 1.807) is 52.8 Å². The van der Waals surface area contributed by atoms with Gasteiger partial charge in [-0.05, 0) is 92.6 Å². The van der Waals surface area contributed by atoms with E-state index >= 15 is 0 Å². The first-order chi connectivity index (χ1) is 31.1. The molecular formula is C47H49F5N4O10. The Morgan fingerprint density at radius 1 is 0.818 bits per heavy atom. The van der Waals surface area contributed by atoms with Crippen molar-refractivity contribution in [2.45, 2.75) is 89.5 Å². The van der Waals surface area contributed by atoms with Gasteiger partial charge in [0.1, 0.15) is 17.9 Å². The number of piperidine rings is 1. The zero-order chi connectivity index (χ0) is 48.5. The van der Waals surface area contributed by atoms with Crippen LogP contribution in [-0.4, -0.2) is 107 Å². The van der Waals surface area contributed by atoms with Crippen LogP contribution in [0.1, 0.15) is 56.1 Å². The number of aromatic nitrogens is 2. The van der Waals surface area contributed by atoms with Gasteiger partial charge >= 0.3 is 24.1 Å². The number of amides is 1. The number of aryl methyl sites for hydroxylation is 2. The quantitative estimate of drug-likeness (QED) is 0.0722. The third-order valence-corrected chi connectivity index (χ3v) is 11.4. The minimum absolute atomic E-state index is 0.0340. The highest BCUT2D eigenvalue weighted by Gasteiger charge is 2.40. The Balaban J connectivity index is 0.000000730. The van der Waals surface area contributed by atoms with Gasteiger partial charge in [-0.3, -0.25) is 19.3 Å². The Kier molecular flexibility index (Phi) is 16.5. The number of rotatable bonds is 15. The van der Waals surface area contributed by atoms with Gasteiger partial charge in [0, 0.05) is 32.1 Å². The van der Waals surface area contributed by atoms with Crippen LogP contribution in [0.5, 0.6) is 0 Å². The molecule has 0 bridgehead atoms. The molecule has 1 saturated heterocycles. The second-order valence-electron chi connectivity index (χ2n) is 16.0. The second-order valence-corrected chi connectivity index (χ2v) is 16.0. The molecule has 6 rings (SSSR count). The lowest BCUT2D eigenvalue weighted by Crippen LogP contribution is -2.56. The van der Waals surface area contributed by atoms with Crippen molar-refractivity contribution in [2.24, 2.45) is 0 Å². The van der Waals surface area contributed by atoms with Crippen LogP contribution in [0.2, 0.25) is 0 Å². The smallest absolute Gasteiger partial charge is 0.416 e. The number of hydrogen-bond acceptors (Lipinski definition) is 10. The van der Waals surface area contributed by atoms with Crippen LogP contribution in [0, 0.1) is 11.6 Å².